The molecule has 1 saturated heterocycles. The van der Waals surface area contributed by atoms with Crippen LogP contribution in [0.4, 0.5) is 0 Å². The highest BCUT2D eigenvalue weighted by Crippen LogP contribution is 2.36. The van der Waals surface area contributed by atoms with Crippen LogP contribution >= 0.6 is 0 Å². The molecular weight excluding hydrogens is 314 g/mol. The van der Waals surface area contributed by atoms with Gasteiger partial charge in [0.1, 0.15) is 11.5 Å². The number of aliphatic carboxylic acids is 2. The SMILES string of the molecule is COc1ccc(CN2CC(C)C(=O)C(C)C2(C(=O)O)C(=O)O)cc1. The smallest absolute Gasteiger partial charge is 0.336 e. The molecule has 2 atom stereocenters. The van der Waals surface area contributed by atoms with Crippen molar-refractivity contribution in [3.8, 4) is 5.75 Å². The van der Waals surface area contributed by atoms with Crippen molar-refractivity contribution in [2.75, 3.05) is 13.7 Å². The van der Waals surface area contributed by atoms with Gasteiger partial charge in [-0.15, -0.1) is 0 Å². The molecule has 2 rings (SSSR count). The van der Waals surface area contributed by atoms with Crippen LogP contribution < -0.4 is 4.74 Å². The average Bonchev–Trinajstić information content (AvgIpc) is 2.53. The third-order valence-corrected chi connectivity index (χ3v) is 4.72. The molecular formula is C17H21NO6. The summed E-state index contributed by atoms with van der Waals surface area (Å²) in [6.45, 7) is 3.26. The minimum atomic E-state index is -2.26. The molecule has 1 fully saturated rings. The van der Waals surface area contributed by atoms with Crippen LogP contribution in [0.3, 0.4) is 0 Å². The Morgan fingerprint density at radius 1 is 1.21 bits per heavy atom. The van der Waals surface area contributed by atoms with E-state index in [1.807, 2.05) is 0 Å². The molecule has 1 aliphatic rings. The number of hydrogen-bond acceptors (Lipinski definition) is 5. The zero-order valence-corrected chi connectivity index (χ0v) is 13.9. The van der Waals surface area contributed by atoms with E-state index in [9.17, 15) is 24.6 Å². The van der Waals surface area contributed by atoms with Crippen molar-refractivity contribution in [3.05, 3.63) is 29.8 Å². The number of ketones is 1. The number of benzene rings is 1. The molecule has 1 heterocycles. The Morgan fingerprint density at radius 2 is 1.75 bits per heavy atom. The van der Waals surface area contributed by atoms with Crippen molar-refractivity contribution >= 4 is 17.7 Å². The summed E-state index contributed by atoms with van der Waals surface area (Å²) >= 11 is 0. The quantitative estimate of drug-likeness (QED) is 0.781. The number of methoxy groups -OCH3 is 1. The number of carbonyl (C=O) groups excluding carboxylic acids is 1. The summed E-state index contributed by atoms with van der Waals surface area (Å²) < 4.78 is 5.08. The lowest BCUT2D eigenvalue weighted by Crippen LogP contribution is -2.69. The zero-order valence-electron chi connectivity index (χ0n) is 13.9. The third kappa shape index (κ3) is 2.75. The van der Waals surface area contributed by atoms with Gasteiger partial charge in [-0.1, -0.05) is 26.0 Å². The number of carboxylic acid groups (broad SMARTS) is 2. The summed E-state index contributed by atoms with van der Waals surface area (Å²) in [5, 5.41) is 19.3. The predicted molar refractivity (Wildman–Crippen MR) is 84.7 cm³/mol. The second kappa shape index (κ2) is 6.60. The second-order valence-electron chi connectivity index (χ2n) is 6.13. The lowest BCUT2D eigenvalue weighted by molar-refractivity contribution is -0.181. The van der Waals surface area contributed by atoms with Crippen LogP contribution in [0.1, 0.15) is 19.4 Å². The molecule has 2 unspecified atom stereocenters. The first kappa shape index (κ1) is 17.9. The van der Waals surface area contributed by atoms with E-state index in [2.05, 4.69) is 0 Å². The molecule has 0 saturated carbocycles. The number of carboxylic acids is 2. The standard InChI is InChI=1S/C17H21NO6/c1-10-8-18(9-12-4-6-13(24-3)7-5-12)17(15(20)21,16(22)23)11(2)14(10)19/h4-7,10-11H,8-9H2,1-3H3,(H,20,21)(H,22,23). The van der Waals surface area contributed by atoms with Gasteiger partial charge in [-0.3, -0.25) is 9.69 Å². The highest BCUT2D eigenvalue weighted by molar-refractivity contribution is 6.09. The number of hydrogen-bond donors (Lipinski definition) is 2. The van der Waals surface area contributed by atoms with Crippen molar-refractivity contribution in [2.24, 2.45) is 11.8 Å². The Balaban J connectivity index is 2.43. The largest absolute Gasteiger partial charge is 0.497 e. The monoisotopic (exact) mass is 335 g/mol. The van der Waals surface area contributed by atoms with Gasteiger partial charge in [0.25, 0.3) is 0 Å². The van der Waals surface area contributed by atoms with Crippen molar-refractivity contribution in [1.82, 2.24) is 4.90 Å². The van der Waals surface area contributed by atoms with E-state index in [-0.39, 0.29) is 18.9 Å². The van der Waals surface area contributed by atoms with Gasteiger partial charge in [0.05, 0.1) is 13.0 Å². The number of ether oxygens (including phenoxy) is 1. The Labute approximate surface area is 139 Å². The van der Waals surface area contributed by atoms with Gasteiger partial charge in [0, 0.05) is 19.0 Å². The van der Waals surface area contributed by atoms with Crippen LogP contribution in [0.25, 0.3) is 0 Å². The van der Waals surface area contributed by atoms with E-state index in [4.69, 9.17) is 4.74 Å². The van der Waals surface area contributed by atoms with E-state index in [1.54, 1.807) is 31.2 Å². The fourth-order valence-electron chi connectivity index (χ4n) is 3.34. The zero-order chi connectivity index (χ0) is 18.1. The van der Waals surface area contributed by atoms with Crippen molar-refractivity contribution in [2.45, 2.75) is 25.9 Å². The van der Waals surface area contributed by atoms with Crippen LogP contribution in [0.2, 0.25) is 0 Å². The van der Waals surface area contributed by atoms with Gasteiger partial charge in [-0.2, -0.15) is 0 Å². The number of likely N-dealkylation sites (tertiary alicyclic amines) is 1. The third-order valence-electron chi connectivity index (χ3n) is 4.72. The summed E-state index contributed by atoms with van der Waals surface area (Å²) in [5.74, 6) is -4.30. The highest BCUT2D eigenvalue weighted by atomic mass is 16.5. The second-order valence-corrected chi connectivity index (χ2v) is 6.13. The van der Waals surface area contributed by atoms with E-state index < -0.39 is 29.3 Å². The van der Waals surface area contributed by atoms with Crippen LogP contribution in [-0.4, -0.2) is 52.0 Å². The maximum absolute atomic E-state index is 12.3. The van der Waals surface area contributed by atoms with Gasteiger partial charge in [-0.25, -0.2) is 9.59 Å². The Bertz CT molecular complexity index is 640. The number of rotatable bonds is 5. The molecule has 0 amide bonds. The molecule has 2 N–H and O–H groups in total. The van der Waals surface area contributed by atoms with Gasteiger partial charge in [-0.05, 0) is 17.7 Å². The van der Waals surface area contributed by atoms with Crippen molar-refractivity contribution < 1.29 is 29.3 Å². The van der Waals surface area contributed by atoms with Crippen LogP contribution in [0.5, 0.6) is 5.75 Å². The summed E-state index contributed by atoms with van der Waals surface area (Å²) in [7, 11) is 1.54. The van der Waals surface area contributed by atoms with Gasteiger partial charge in [0.15, 0.2) is 0 Å². The first-order valence-electron chi connectivity index (χ1n) is 7.63. The van der Waals surface area contributed by atoms with Gasteiger partial charge in [0.2, 0.25) is 5.54 Å². The topological polar surface area (TPSA) is 104 Å². The Morgan fingerprint density at radius 3 is 2.21 bits per heavy atom. The minimum Gasteiger partial charge on any atom is -0.497 e. The van der Waals surface area contributed by atoms with E-state index in [0.717, 1.165) is 5.56 Å². The predicted octanol–water partition coefficient (Wildman–Crippen LogP) is 1.26. The van der Waals surface area contributed by atoms with Crippen molar-refractivity contribution in [1.29, 1.82) is 0 Å². The van der Waals surface area contributed by atoms with E-state index in [1.165, 1.54) is 18.9 Å². The summed E-state index contributed by atoms with van der Waals surface area (Å²) in [6, 6.07) is 6.94. The molecule has 1 aromatic rings. The van der Waals surface area contributed by atoms with Gasteiger partial charge < -0.3 is 14.9 Å². The maximum Gasteiger partial charge on any atom is 0.336 e. The molecule has 7 heteroatoms. The Hall–Kier alpha value is -2.41. The van der Waals surface area contributed by atoms with Crippen LogP contribution in [0, 0.1) is 11.8 Å². The molecule has 7 nitrogen and oxygen atoms in total. The lowest BCUT2D eigenvalue weighted by atomic mass is 9.73. The minimum absolute atomic E-state index is 0.0772. The summed E-state index contributed by atoms with van der Waals surface area (Å²) in [6.07, 6.45) is 0. The Kier molecular flexibility index (Phi) is 4.94. The maximum atomic E-state index is 12.3. The van der Waals surface area contributed by atoms with Crippen LogP contribution in [0.15, 0.2) is 24.3 Å². The number of carbonyl (C=O) groups is 3. The summed E-state index contributed by atoms with van der Waals surface area (Å²) in [5.41, 5.74) is -1.51. The fraction of sp³-hybridized carbons (Fsp3) is 0.471. The summed E-state index contributed by atoms with van der Waals surface area (Å²) in [4.78, 5) is 37.4. The molecule has 0 radical (unpaired) electrons. The molecule has 24 heavy (non-hydrogen) atoms. The molecule has 0 spiro atoms. The van der Waals surface area contributed by atoms with Gasteiger partial charge >= 0.3 is 11.9 Å². The number of nitrogens with zero attached hydrogens (tertiary/aromatic N) is 1. The molecule has 1 aromatic carbocycles. The number of piperidine rings is 1. The fourth-order valence-corrected chi connectivity index (χ4v) is 3.34. The van der Waals surface area contributed by atoms with E-state index >= 15 is 0 Å². The first-order chi connectivity index (χ1) is 11.2. The molecule has 0 aliphatic carbocycles. The number of Topliss-reactive ketones (excluding diaryl/α,β-unsaturated/α-hetero) is 1. The molecule has 1 aliphatic heterocycles. The van der Waals surface area contributed by atoms with Crippen molar-refractivity contribution in [3.63, 3.8) is 0 Å². The average molecular weight is 335 g/mol. The lowest BCUT2D eigenvalue weighted by Gasteiger charge is -2.46. The highest BCUT2D eigenvalue weighted by Gasteiger charge is 2.61. The first-order valence-corrected chi connectivity index (χ1v) is 7.63. The molecule has 0 bridgehead atoms. The van der Waals surface area contributed by atoms with E-state index in [0.29, 0.717) is 5.75 Å². The molecule has 130 valence electrons. The molecule has 0 aromatic heterocycles. The van der Waals surface area contributed by atoms with Crippen LogP contribution in [-0.2, 0) is 20.9 Å². The normalized spacial score (nSPS) is 23.7.